The van der Waals surface area contributed by atoms with Crippen LogP contribution in [-0.2, 0) is 16.1 Å². The largest absolute Gasteiger partial charge is 0.454 e. The molecule has 1 heterocycles. The predicted molar refractivity (Wildman–Crippen MR) is 90.3 cm³/mol. The lowest BCUT2D eigenvalue weighted by Gasteiger charge is -2.05. The summed E-state index contributed by atoms with van der Waals surface area (Å²) in [4.78, 5) is 23.9. The minimum Gasteiger partial charge on any atom is -0.454 e. The van der Waals surface area contributed by atoms with Crippen LogP contribution in [0, 0.1) is 19.7 Å². The van der Waals surface area contributed by atoms with Gasteiger partial charge in [0.2, 0.25) is 5.78 Å². The first-order valence-corrected chi connectivity index (χ1v) is 7.72. The molecule has 1 aromatic heterocycles. The van der Waals surface area contributed by atoms with Crippen molar-refractivity contribution in [3.8, 4) is 0 Å². The van der Waals surface area contributed by atoms with Gasteiger partial charge in [0.25, 0.3) is 0 Å². The van der Waals surface area contributed by atoms with Crippen LogP contribution in [0.25, 0.3) is 6.08 Å². The second-order valence-corrected chi connectivity index (χ2v) is 5.44. The van der Waals surface area contributed by atoms with Gasteiger partial charge in [0.1, 0.15) is 5.82 Å². The zero-order valence-electron chi connectivity index (χ0n) is 14.0. The molecule has 0 unspecified atom stereocenters. The Balaban J connectivity index is 1.94. The highest BCUT2D eigenvalue weighted by atomic mass is 19.1. The van der Waals surface area contributed by atoms with Crippen molar-refractivity contribution in [1.29, 1.82) is 0 Å². The number of esters is 1. The Morgan fingerprint density at radius 2 is 1.88 bits per heavy atom. The molecule has 2 aromatic rings. The van der Waals surface area contributed by atoms with Crippen LogP contribution in [0.4, 0.5) is 4.39 Å². The van der Waals surface area contributed by atoms with E-state index in [2.05, 4.69) is 0 Å². The molecule has 126 valence electrons. The zero-order valence-corrected chi connectivity index (χ0v) is 14.0. The number of hydrogen-bond acceptors (Lipinski definition) is 3. The lowest BCUT2D eigenvalue weighted by molar-refractivity contribution is -0.136. The normalized spacial score (nSPS) is 11.0. The molecule has 0 aliphatic rings. The van der Waals surface area contributed by atoms with Crippen LogP contribution in [0.15, 0.2) is 36.4 Å². The van der Waals surface area contributed by atoms with Crippen LogP contribution in [-0.4, -0.2) is 22.9 Å². The molecule has 0 saturated heterocycles. The van der Waals surface area contributed by atoms with E-state index in [-0.39, 0.29) is 18.2 Å². The summed E-state index contributed by atoms with van der Waals surface area (Å²) in [6, 6.07) is 7.51. The maximum absolute atomic E-state index is 12.8. The number of carbonyl (C=O) groups excluding carboxylic acids is 2. The van der Waals surface area contributed by atoms with Gasteiger partial charge in [-0.3, -0.25) is 4.79 Å². The Hall–Kier alpha value is -2.69. The van der Waals surface area contributed by atoms with Gasteiger partial charge in [-0.1, -0.05) is 12.1 Å². The lowest BCUT2D eigenvalue weighted by Crippen LogP contribution is -2.13. The summed E-state index contributed by atoms with van der Waals surface area (Å²) >= 11 is 0. The van der Waals surface area contributed by atoms with Gasteiger partial charge in [-0.15, -0.1) is 0 Å². The summed E-state index contributed by atoms with van der Waals surface area (Å²) in [7, 11) is 0. The summed E-state index contributed by atoms with van der Waals surface area (Å²) in [5.74, 6) is -1.19. The van der Waals surface area contributed by atoms with E-state index < -0.39 is 5.97 Å². The van der Waals surface area contributed by atoms with Crippen molar-refractivity contribution < 1.29 is 18.7 Å². The third-order valence-electron chi connectivity index (χ3n) is 3.82. The fourth-order valence-corrected chi connectivity index (χ4v) is 2.57. The van der Waals surface area contributed by atoms with Gasteiger partial charge >= 0.3 is 5.97 Å². The van der Waals surface area contributed by atoms with Crippen LogP contribution < -0.4 is 0 Å². The van der Waals surface area contributed by atoms with Crippen molar-refractivity contribution in [3.05, 3.63) is 64.7 Å². The van der Waals surface area contributed by atoms with Gasteiger partial charge in [-0.2, -0.15) is 0 Å². The van der Waals surface area contributed by atoms with E-state index in [4.69, 9.17) is 4.74 Å². The molecule has 24 heavy (non-hydrogen) atoms. The van der Waals surface area contributed by atoms with Crippen molar-refractivity contribution in [3.63, 3.8) is 0 Å². The van der Waals surface area contributed by atoms with E-state index in [0.29, 0.717) is 11.1 Å². The summed E-state index contributed by atoms with van der Waals surface area (Å²) in [6.07, 6.45) is 2.73. The number of carbonyl (C=O) groups is 2. The Bertz CT molecular complexity index is 773. The molecule has 0 atom stereocenters. The van der Waals surface area contributed by atoms with Gasteiger partial charge in [0, 0.05) is 29.6 Å². The summed E-state index contributed by atoms with van der Waals surface area (Å²) < 4.78 is 19.8. The summed E-state index contributed by atoms with van der Waals surface area (Å²) in [5, 5.41) is 0. The van der Waals surface area contributed by atoms with Crippen molar-refractivity contribution in [2.24, 2.45) is 0 Å². The van der Waals surface area contributed by atoms with Crippen LogP contribution >= 0.6 is 0 Å². The van der Waals surface area contributed by atoms with E-state index in [9.17, 15) is 14.0 Å². The Morgan fingerprint density at radius 1 is 1.21 bits per heavy atom. The number of benzene rings is 1. The average Bonchev–Trinajstić information content (AvgIpc) is 2.86. The molecule has 0 bridgehead atoms. The van der Waals surface area contributed by atoms with E-state index in [1.54, 1.807) is 12.1 Å². The van der Waals surface area contributed by atoms with Crippen LogP contribution in [0.1, 0.15) is 34.2 Å². The molecular weight excluding hydrogens is 309 g/mol. The number of hydrogen-bond donors (Lipinski definition) is 0. The Kier molecular flexibility index (Phi) is 5.68. The molecule has 0 amide bonds. The fraction of sp³-hybridized carbons (Fsp3) is 0.263. The highest BCUT2D eigenvalue weighted by Crippen LogP contribution is 2.15. The quantitative estimate of drug-likeness (QED) is 0.461. The standard InChI is InChI=1S/C19H20FNO3/c1-4-21-13(2)11-17(14(21)3)18(22)12-24-19(23)10-7-15-5-8-16(20)9-6-15/h5-11H,4,12H2,1-3H3/b10-7+. The molecule has 2 rings (SSSR count). The number of halogens is 1. The van der Waals surface area contributed by atoms with Crippen molar-refractivity contribution in [2.75, 3.05) is 6.61 Å². The molecule has 0 aliphatic carbocycles. The van der Waals surface area contributed by atoms with Gasteiger partial charge in [-0.25, -0.2) is 9.18 Å². The molecule has 1 aromatic carbocycles. The first-order valence-electron chi connectivity index (χ1n) is 7.72. The lowest BCUT2D eigenvalue weighted by atomic mass is 10.1. The van der Waals surface area contributed by atoms with Crippen molar-refractivity contribution in [1.82, 2.24) is 4.57 Å². The van der Waals surface area contributed by atoms with Crippen molar-refractivity contribution >= 4 is 17.8 Å². The van der Waals surface area contributed by atoms with Gasteiger partial charge in [0.15, 0.2) is 6.61 Å². The molecule has 0 radical (unpaired) electrons. The topological polar surface area (TPSA) is 48.3 Å². The van der Waals surface area contributed by atoms with Crippen molar-refractivity contribution in [2.45, 2.75) is 27.3 Å². The minimum absolute atomic E-state index is 0.230. The highest BCUT2D eigenvalue weighted by Gasteiger charge is 2.16. The van der Waals surface area contributed by atoms with E-state index >= 15 is 0 Å². The maximum Gasteiger partial charge on any atom is 0.331 e. The van der Waals surface area contributed by atoms with Gasteiger partial charge in [-0.05, 0) is 50.6 Å². The minimum atomic E-state index is -0.614. The van der Waals surface area contributed by atoms with E-state index in [1.807, 2.05) is 31.4 Å². The fourth-order valence-electron chi connectivity index (χ4n) is 2.57. The number of aromatic nitrogens is 1. The number of Topliss-reactive ketones (excluding diaryl/α,β-unsaturated/α-hetero) is 1. The number of ketones is 1. The smallest absolute Gasteiger partial charge is 0.331 e. The molecule has 4 nitrogen and oxygen atoms in total. The molecule has 0 N–H and O–H groups in total. The summed E-state index contributed by atoms with van der Waals surface area (Å²) in [5.41, 5.74) is 3.12. The van der Waals surface area contributed by atoms with Gasteiger partial charge < -0.3 is 9.30 Å². The SMILES string of the molecule is CCn1c(C)cc(C(=O)COC(=O)/C=C/c2ccc(F)cc2)c1C. The Morgan fingerprint density at radius 3 is 2.46 bits per heavy atom. The first-order chi connectivity index (χ1) is 11.4. The van der Waals surface area contributed by atoms with Crippen LogP contribution in [0.5, 0.6) is 0 Å². The van der Waals surface area contributed by atoms with Crippen LogP contribution in [0.3, 0.4) is 0 Å². The number of nitrogens with zero attached hydrogens (tertiary/aromatic N) is 1. The molecular formula is C19H20FNO3. The maximum atomic E-state index is 12.8. The summed E-state index contributed by atoms with van der Waals surface area (Å²) in [6.45, 7) is 6.30. The molecule has 0 fully saturated rings. The number of ether oxygens (including phenoxy) is 1. The zero-order chi connectivity index (χ0) is 17.7. The molecule has 5 heteroatoms. The first kappa shape index (κ1) is 17.7. The number of rotatable bonds is 6. The molecule has 0 saturated carbocycles. The average molecular weight is 329 g/mol. The molecule has 0 aliphatic heterocycles. The van der Waals surface area contributed by atoms with Gasteiger partial charge in [0.05, 0.1) is 0 Å². The molecule has 0 spiro atoms. The van der Waals surface area contributed by atoms with E-state index in [1.165, 1.54) is 24.3 Å². The van der Waals surface area contributed by atoms with Crippen LogP contribution in [0.2, 0.25) is 0 Å². The second-order valence-electron chi connectivity index (χ2n) is 5.44. The van der Waals surface area contributed by atoms with E-state index in [0.717, 1.165) is 17.9 Å². The Labute approximate surface area is 140 Å². The third kappa shape index (κ3) is 4.19. The monoisotopic (exact) mass is 329 g/mol. The predicted octanol–water partition coefficient (Wildman–Crippen LogP) is 3.70. The highest BCUT2D eigenvalue weighted by molar-refractivity contribution is 6.00. The second kappa shape index (κ2) is 7.73. The third-order valence-corrected chi connectivity index (χ3v) is 3.82. The number of aryl methyl sites for hydroxylation is 1.